The van der Waals surface area contributed by atoms with Crippen LogP contribution >= 0.6 is 23.2 Å². The summed E-state index contributed by atoms with van der Waals surface area (Å²) in [5.74, 6) is 1.62. The molecule has 0 bridgehead atoms. The first kappa shape index (κ1) is 24.4. The van der Waals surface area contributed by atoms with Gasteiger partial charge in [-0.3, -0.25) is 9.69 Å². The second-order valence-electron chi connectivity index (χ2n) is 8.16. The van der Waals surface area contributed by atoms with Crippen LogP contribution in [0, 0.1) is 0 Å². The van der Waals surface area contributed by atoms with Crippen LogP contribution in [0.3, 0.4) is 0 Å². The van der Waals surface area contributed by atoms with Gasteiger partial charge < -0.3 is 14.4 Å². The monoisotopic (exact) mass is 498 g/mol. The smallest absolute Gasteiger partial charge is 0.253 e. The normalized spacial score (nSPS) is 14.1. The van der Waals surface area contributed by atoms with E-state index in [4.69, 9.17) is 32.7 Å². The zero-order valence-electron chi connectivity index (χ0n) is 19.2. The number of ether oxygens (including phenoxy) is 2. The second-order valence-corrected chi connectivity index (χ2v) is 8.98. The molecular formula is C27H28Cl2N2O3. The lowest BCUT2D eigenvalue weighted by Crippen LogP contribution is -2.48. The maximum Gasteiger partial charge on any atom is 0.253 e. The maximum absolute atomic E-state index is 13.1. The summed E-state index contributed by atoms with van der Waals surface area (Å²) in [5.41, 5.74) is 2.56. The van der Waals surface area contributed by atoms with Gasteiger partial charge in [0, 0.05) is 53.9 Å². The van der Waals surface area contributed by atoms with Crippen LogP contribution in [-0.4, -0.2) is 48.5 Å². The van der Waals surface area contributed by atoms with Crippen molar-refractivity contribution in [2.24, 2.45) is 0 Å². The zero-order chi connectivity index (χ0) is 23.9. The second kappa shape index (κ2) is 11.6. The van der Waals surface area contributed by atoms with Crippen LogP contribution in [-0.2, 0) is 13.2 Å². The van der Waals surface area contributed by atoms with E-state index in [-0.39, 0.29) is 5.91 Å². The van der Waals surface area contributed by atoms with Crippen molar-refractivity contribution in [3.05, 3.63) is 93.5 Å². The molecule has 0 spiro atoms. The van der Waals surface area contributed by atoms with Gasteiger partial charge in [-0.15, -0.1) is 0 Å². The zero-order valence-corrected chi connectivity index (χ0v) is 20.7. The molecule has 1 amide bonds. The summed E-state index contributed by atoms with van der Waals surface area (Å²) >= 11 is 12.6. The largest absolute Gasteiger partial charge is 0.494 e. The molecule has 0 N–H and O–H groups in total. The Morgan fingerprint density at radius 2 is 1.47 bits per heavy atom. The molecule has 0 aliphatic carbocycles. The van der Waals surface area contributed by atoms with Gasteiger partial charge in [0.05, 0.1) is 6.61 Å². The summed E-state index contributed by atoms with van der Waals surface area (Å²) in [7, 11) is 0. The maximum atomic E-state index is 13.1. The minimum absolute atomic E-state index is 0.0401. The highest BCUT2D eigenvalue weighted by Crippen LogP contribution is 2.26. The fourth-order valence-electron chi connectivity index (χ4n) is 3.96. The lowest BCUT2D eigenvalue weighted by molar-refractivity contribution is 0.0628. The number of carbonyl (C=O) groups is 1. The number of carbonyl (C=O) groups excluding carboxylic acids is 1. The fourth-order valence-corrected chi connectivity index (χ4v) is 4.48. The van der Waals surface area contributed by atoms with Gasteiger partial charge in [0.15, 0.2) is 0 Å². The summed E-state index contributed by atoms with van der Waals surface area (Å²) < 4.78 is 11.3. The number of benzene rings is 3. The van der Waals surface area contributed by atoms with Crippen molar-refractivity contribution in [2.45, 2.75) is 20.1 Å². The number of hydrogen-bond donors (Lipinski definition) is 0. The molecule has 3 aromatic carbocycles. The molecule has 1 heterocycles. The fraction of sp³-hybridized carbons (Fsp3) is 0.296. The standard InChI is InChI=1S/C27H28Cl2N2O3/c1-2-33-22-9-11-23(12-10-22)34-19-20-5-3-6-21(17-20)27(32)31-15-13-30(14-16-31)18-24-25(28)7-4-8-26(24)29/h3-12,17H,2,13-16,18-19H2,1H3. The van der Waals surface area contributed by atoms with Crippen molar-refractivity contribution in [1.29, 1.82) is 0 Å². The minimum atomic E-state index is 0.0401. The van der Waals surface area contributed by atoms with E-state index in [1.807, 2.05) is 78.6 Å². The van der Waals surface area contributed by atoms with Gasteiger partial charge >= 0.3 is 0 Å². The molecule has 4 rings (SSSR count). The first-order valence-corrected chi connectivity index (χ1v) is 12.2. The number of nitrogens with zero attached hydrogens (tertiary/aromatic N) is 2. The summed E-state index contributed by atoms with van der Waals surface area (Å²) in [6.07, 6.45) is 0. The van der Waals surface area contributed by atoms with E-state index in [0.29, 0.717) is 48.5 Å². The lowest BCUT2D eigenvalue weighted by atomic mass is 10.1. The van der Waals surface area contributed by atoms with E-state index in [0.717, 1.165) is 35.7 Å². The molecule has 34 heavy (non-hydrogen) atoms. The third kappa shape index (κ3) is 6.23. The van der Waals surface area contributed by atoms with Crippen molar-refractivity contribution < 1.29 is 14.3 Å². The highest BCUT2D eigenvalue weighted by Gasteiger charge is 2.23. The Kier molecular flexibility index (Phi) is 8.33. The molecule has 5 nitrogen and oxygen atoms in total. The number of piperazine rings is 1. The molecule has 1 saturated heterocycles. The number of hydrogen-bond acceptors (Lipinski definition) is 4. The average Bonchev–Trinajstić information content (AvgIpc) is 2.86. The van der Waals surface area contributed by atoms with Crippen molar-refractivity contribution >= 4 is 29.1 Å². The van der Waals surface area contributed by atoms with Crippen LogP contribution in [0.25, 0.3) is 0 Å². The summed E-state index contributed by atoms with van der Waals surface area (Å²) in [6, 6.07) is 20.7. The highest BCUT2D eigenvalue weighted by molar-refractivity contribution is 6.35. The van der Waals surface area contributed by atoms with Gasteiger partial charge in [-0.25, -0.2) is 0 Å². The summed E-state index contributed by atoms with van der Waals surface area (Å²) in [4.78, 5) is 17.3. The van der Waals surface area contributed by atoms with E-state index in [1.54, 1.807) is 0 Å². The first-order chi connectivity index (χ1) is 16.5. The molecule has 1 aliphatic rings. The van der Waals surface area contributed by atoms with Crippen LogP contribution in [0.2, 0.25) is 10.0 Å². The molecule has 0 atom stereocenters. The third-order valence-electron chi connectivity index (χ3n) is 5.82. The van der Waals surface area contributed by atoms with Crippen LogP contribution in [0.15, 0.2) is 66.7 Å². The molecule has 1 aliphatic heterocycles. The van der Waals surface area contributed by atoms with E-state index in [2.05, 4.69) is 4.90 Å². The molecule has 178 valence electrons. The SMILES string of the molecule is CCOc1ccc(OCc2cccc(C(=O)N3CCN(Cc4c(Cl)cccc4Cl)CC3)c2)cc1. The minimum Gasteiger partial charge on any atom is -0.494 e. The molecular weight excluding hydrogens is 471 g/mol. The van der Waals surface area contributed by atoms with Crippen LogP contribution in [0.1, 0.15) is 28.4 Å². The summed E-state index contributed by atoms with van der Waals surface area (Å²) in [6.45, 7) is 6.52. The first-order valence-electron chi connectivity index (χ1n) is 11.4. The predicted octanol–water partition coefficient (Wildman–Crippen LogP) is 5.93. The number of halogens is 2. The number of rotatable bonds is 8. The molecule has 0 radical (unpaired) electrons. The van der Waals surface area contributed by atoms with Crippen molar-refractivity contribution in [3.8, 4) is 11.5 Å². The Bertz CT molecular complexity index is 1090. The molecule has 0 unspecified atom stereocenters. The highest BCUT2D eigenvalue weighted by atomic mass is 35.5. The molecule has 0 saturated carbocycles. The van der Waals surface area contributed by atoms with Crippen molar-refractivity contribution in [1.82, 2.24) is 9.80 Å². The molecule has 1 fully saturated rings. The lowest BCUT2D eigenvalue weighted by Gasteiger charge is -2.35. The Labute approximate surface area is 210 Å². The Morgan fingerprint density at radius 1 is 0.853 bits per heavy atom. The van der Waals surface area contributed by atoms with E-state index in [1.165, 1.54) is 0 Å². The number of amides is 1. The topological polar surface area (TPSA) is 42.0 Å². The van der Waals surface area contributed by atoms with E-state index < -0.39 is 0 Å². The van der Waals surface area contributed by atoms with E-state index >= 15 is 0 Å². The Hall–Kier alpha value is -2.73. The van der Waals surface area contributed by atoms with Crippen LogP contribution in [0.5, 0.6) is 11.5 Å². The van der Waals surface area contributed by atoms with Crippen LogP contribution in [0.4, 0.5) is 0 Å². The Balaban J connectivity index is 1.31. The van der Waals surface area contributed by atoms with Gasteiger partial charge in [0.1, 0.15) is 18.1 Å². The van der Waals surface area contributed by atoms with Gasteiger partial charge in [0.2, 0.25) is 0 Å². The third-order valence-corrected chi connectivity index (χ3v) is 6.53. The molecule has 7 heteroatoms. The quantitative estimate of drug-likeness (QED) is 0.386. The van der Waals surface area contributed by atoms with Crippen molar-refractivity contribution in [2.75, 3.05) is 32.8 Å². The van der Waals surface area contributed by atoms with Gasteiger partial charge in [-0.05, 0) is 61.0 Å². The van der Waals surface area contributed by atoms with Crippen molar-refractivity contribution in [3.63, 3.8) is 0 Å². The van der Waals surface area contributed by atoms with Gasteiger partial charge in [0.25, 0.3) is 5.91 Å². The Morgan fingerprint density at radius 3 is 2.12 bits per heavy atom. The predicted molar refractivity (Wildman–Crippen MR) is 136 cm³/mol. The van der Waals surface area contributed by atoms with Gasteiger partial charge in [-0.1, -0.05) is 41.4 Å². The summed E-state index contributed by atoms with van der Waals surface area (Å²) in [5, 5.41) is 1.35. The molecule has 0 aromatic heterocycles. The average molecular weight is 499 g/mol. The van der Waals surface area contributed by atoms with E-state index in [9.17, 15) is 4.79 Å². The van der Waals surface area contributed by atoms with Gasteiger partial charge in [-0.2, -0.15) is 0 Å². The van der Waals surface area contributed by atoms with Crippen LogP contribution < -0.4 is 9.47 Å². The molecule has 3 aromatic rings.